The molecule has 26 heavy (non-hydrogen) atoms. The average molecular weight is 348 g/mol. The molecule has 0 saturated carbocycles. The lowest BCUT2D eigenvalue weighted by atomic mass is 9.81. The molecule has 0 aromatic heterocycles. The Labute approximate surface area is 154 Å². The fourth-order valence-electron chi connectivity index (χ4n) is 4.90. The molecule has 2 fully saturated rings. The Kier molecular flexibility index (Phi) is 4.55. The van der Waals surface area contributed by atoms with Crippen LogP contribution in [0.4, 0.5) is 5.69 Å². The second kappa shape index (κ2) is 6.99. The zero-order valence-corrected chi connectivity index (χ0v) is 15.1. The number of fused-ring (bicyclic) bond motifs is 3. The van der Waals surface area contributed by atoms with E-state index in [1.54, 1.807) is 6.92 Å². The number of esters is 1. The highest BCUT2D eigenvalue weighted by Crippen LogP contribution is 2.45. The van der Waals surface area contributed by atoms with E-state index < -0.39 is 5.92 Å². The van der Waals surface area contributed by atoms with Crippen molar-refractivity contribution < 1.29 is 9.53 Å². The number of carbonyl (C=O) groups is 1. The van der Waals surface area contributed by atoms with Gasteiger partial charge in [0.05, 0.1) is 12.7 Å². The Morgan fingerprint density at radius 2 is 1.88 bits per heavy atom. The maximum absolute atomic E-state index is 12.2. The first-order valence-corrected chi connectivity index (χ1v) is 9.55. The van der Waals surface area contributed by atoms with Crippen molar-refractivity contribution in [2.75, 3.05) is 11.5 Å². The van der Waals surface area contributed by atoms with Gasteiger partial charge in [0.25, 0.3) is 0 Å². The summed E-state index contributed by atoms with van der Waals surface area (Å²) in [4.78, 5) is 14.7. The molecule has 2 aromatic rings. The van der Waals surface area contributed by atoms with Crippen LogP contribution in [0.1, 0.15) is 32.6 Å². The molecule has 0 amide bonds. The van der Waals surface area contributed by atoms with E-state index >= 15 is 0 Å². The van der Waals surface area contributed by atoms with Gasteiger partial charge in [-0.1, -0.05) is 36.4 Å². The molecule has 4 nitrogen and oxygen atoms in total. The summed E-state index contributed by atoms with van der Waals surface area (Å²) < 4.78 is 5.13. The molecule has 4 heteroatoms. The Hall–Kier alpha value is -2.54. The highest BCUT2D eigenvalue weighted by molar-refractivity contribution is 5.94. The van der Waals surface area contributed by atoms with Crippen LogP contribution < -0.4 is 4.90 Å². The third kappa shape index (κ3) is 2.82. The summed E-state index contributed by atoms with van der Waals surface area (Å²) in [6.45, 7) is 2.12. The first-order chi connectivity index (χ1) is 12.7. The lowest BCUT2D eigenvalue weighted by Crippen LogP contribution is -2.45. The van der Waals surface area contributed by atoms with Gasteiger partial charge in [-0.15, -0.1) is 0 Å². The predicted molar refractivity (Wildman–Crippen MR) is 102 cm³/mol. The molecule has 0 radical (unpaired) electrons. The summed E-state index contributed by atoms with van der Waals surface area (Å²) in [7, 11) is 0. The number of ether oxygens (including phenoxy) is 1. The standard InChI is InChI=1S/C22H24N2O2/c1-2-26-22(25)20(14-23)16-12-17-10-11-18(13-16)24(17)21-9-5-7-15-6-3-4-8-19(15)21/h3-9,16-18,20H,2,10-13H2,1H3. The number of anilines is 1. The molecule has 2 aliphatic rings. The van der Waals surface area contributed by atoms with Crippen molar-refractivity contribution in [1.82, 2.24) is 0 Å². The SMILES string of the molecule is CCOC(=O)C(C#N)C1CC2CCC(C1)N2c1cccc2ccccc12. The van der Waals surface area contributed by atoms with E-state index in [9.17, 15) is 10.1 Å². The number of nitrogens with zero attached hydrogens (tertiary/aromatic N) is 2. The van der Waals surface area contributed by atoms with Crippen LogP contribution in [0.2, 0.25) is 0 Å². The molecule has 2 heterocycles. The lowest BCUT2D eigenvalue weighted by molar-refractivity contribution is -0.148. The molecule has 4 rings (SSSR count). The van der Waals surface area contributed by atoms with E-state index in [-0.39, 0.29) is 11.9 Å². The topological polar surface area (TPSA) is 53.3 Å². The van der Waals surface area contributed by atoms with Gasteiger partial charge in [0.2, 0.25) is 0 Å². The van der Waals surface area contributed by atoms with Crippen LogP contribution in [-0.4, -0.2) is 24.7 Å². The highest BCUT2D eigenvalue weighted by Gasteiger charge is 2.45. The number of hydrogen-bond acceptors (Lipinski definition) is 4. The van der Waals surface area contributed by atoms with Crippen molar-refractivity contribution in [3.8, 4) is 6.07 Å². The Morgan fingerprint density at radius 1 is 1.19 bits per heavy atom. The molecule has 2 saturated heterocycles. The summed E-state index contributed by atoms with van der Waals surface area (Å²) >= 11 is 0. The van der Waals surface area contributed by atoms with E-state index in [0.717, 1.165) is 25.7 Å². The Balaban J connectivity index is 1.61. The zero-order valence-electron chi connectivity index (χ0n) is 15.1. The summed E-state index contributed by atoms with van der Waals surface area (Å²) in [6.07, 6.45) is 4.03. The van der Waals surface area contributed by atoms with Crippen LogP contribution in [0.5, 0.6) is 0 Å². The minimum Gasteiger partial charge on any atom is -0.465 e. The summed E-state index contributed by atoms with van der Waals surface area (Å²) in [5, 5.41) is 12.1. The van der Waals surface area contributed by atoms with Crippen molar-refractivity contribution in [2.45, 2.75) is 44.7 Å². The molecule has 0 aliphatic carbocycles. The molecule has 2 aromatic carbocycles. The molecule has 2 bridgehead atoms. The van der Waals surface area contributed by atoms with Gasteiger partial charge in [-0.2, -0.15) is 5.26 Å². The molecule has 0 N–H and O–H groups in total. The molecular weight excluding hydrogens is 324 g/mol. The van der Waals surface area contributed by atoms with E-state index in [1.807, 2.05) is 0 Å². The van der Waals surface area contributed by atoms with Crippen molar-refractivity contribution in [3.63, 3.8) is 0 Å². The van der Waals surface area contributed by atoms with Gasteiger partial charge in [-0.05, 0) is 50.0 Å². The maximum atomic E-state index is 12.2. The highest BCUT2D eigenvalue weighted by atomic mass is 16.5. The smallest absolute Gasteiger partial charge is 0.323 e. The van der Waals surface area contributed by atoms with Gasteiger partial charge in [-0.25, -0.2) is 0 Å². The van der Waals surface area contributed by atoms with E-state index in [4.69, 9.17) is 4.74 Å². The third-order valence-electron chi connectivity index (χ3n) is 5.97. The van der Waals surface area contributed by atoms with Gasteiger partial charge in [0, 0.05) is 23.2 Å². The van der Waals surface area contributed by atoms with Gasteiger partial charge in [0.1, 0.15) is 5.92 Å². The Bertz CT molecular complexity index is 837. The molecular formula is C22H24N2O2. The molecule has 3 atom stereocenters. The van der Waals surface area contributed by atoms with Crippen LogP contribution in [0, 0.1) is 23.2 Å². The van der Waals surface area contributed by atoms with Crippen LogP contribution in [0.25, 0.3) is 10.8 Å². The number of nitriles is 1. The second-order valence-electron chi connectivity index (χ2n) is 7.38. The molecule has 3 unspecified atom stereocenters. The first kappa shape index (κ1) is 16.9. The lowest BCUT2D eigenvalue weighted by Gasteiger charge is -2.42. The van der Waals surface area contributed by atoms with Gasteiger partial charge in [-0.3, -0.25) is 4.79 Å². The average Bonchev–Trinajstić information content (AvgIpc) is 2.92. The fourth-order valence-corrected chi connectivity index (χ4v) is 4.90. The van der Waals surface area contributed by atoms with E-state index in [1.165, 1.54) is 16.5 Å². The van der Waals surface area contributed by atoms with Crippen LogP contribution in [0.15, 0.2) is 42.5 Å². The van der Waals surface area contributed by atoms with Gasteiger partial charge >= 0.3 is 5.97 Å². The quantitative estimate of drug-likeness (QED) is 0.774. The van der Waals surface area contributed by atoms with Crippen molar-refractivity contribution in [1.29, 1.82) is 5.26 Å². The van der Waals surface area contributed by atoms with Crippen LogP contribution in [0.3, 0.4) is 0 Å². The summed E-state index contributed by atoms with van der Waals surface area (Å²) in [5.74, 6) is -0.881. The van der Waals surface area contributed by atoms with Crippen molar-refractivity contribution >= 4 is 22.4 Å². The first-order valence-electron chi connectivity index (χ1n) is 9.55. The fraction of sp³-hybridized carbons (Fsp3) is 0.455. The molecule has 2 aliphatic heterocycles. The number of benzene rings is 2. The number of hydrogen-bond donors (Lipinski definition) is 0. The van der Waals surface area contributed by atoms with E-state index in [0.29, 0.717) is 18.7 Å². The predicted octanol–water partition coefficient (Wildman–Crippen LogP) is 4.29. The van der Waals surface area contributed by atoms with Crippen molar-refractivity contribution in [2.24, 2.45) is 11.8 Å². The number of carbonyl (C=O) groups excluding carboxylic acids is 1. The monoisotopic (exact) mass is 348 g/mol. The normalized spacial score (nSPS) is 25.7. The van der Waals surface area contributed by atoms with E-state index in [2.05, 4.69) is 53.4 Å². The van der Waals surface area contributed by atoms with Gasteiger partial charge < -0.3 is 9.64 Å². The van der Waals surface area contributed by atoms with Crippen LogP contribution in [-0.2, 0) is 9.53 Å². The minimum atomic E-state index is -0.632. The Morgan fingerprint density at radius 3 is 2.58 bits per heavy atom. The number of rotatable bonds is 4. The molecule has 134 valence electrons. The minimum absolute atomic E-state index is 0.0998. The summed E-state index contributed by atoms with van der Waals surface area (Å²) in [6, 6.07) is 18.0. The molecule has 0 spiro atoms. The second-order valence-corrected chi connectivity index (χ2v) is 7.38. The maximum Gasteiger partial charge on any atom is 0.323 e. The largest absolute Gasteiger partial charge is 0.465 e. The zero-order chi connectivity index (χ0) is 18.1. The van der Waals surface area contributed by atoms with Crippen molar-refractivity contribution in [3.05, 3.63) is 42.5 Å². The third-order valence-corrected chi connectivity index (χ3v) is 5.97. The summed E-state index contributed by atoms with van der Waals surface area (Å²) in [5.41, 5.74) is 1.29. The van der Waals surface area contributed by atoms with Gasteiger partial charge in [0.15, 0.2) is 0 Å². The van der Waals surface area contributed by atoms with Crippen LogP contribution >= 0.6 is 0 Å². The number of piperidine rings is 1.